The van der Waals surface area contributed by atoms with Crippen molar-refractivity contribution in [3.63, 3.8) is 0 Å². The van der Waals surface area contributed by atoms with Crippen LogP contribution in [0.5, 0.6) is 11.5 Å². The summed E-state index contributed by atoms with van der Waals surface area (Å²) in [6.07, 6.45) is 3.44. The molecule has 0 spiro atoms. The number of aromatic nitrogens is 1. The molecule has 0 radical (unpaired) electrons. The van der Waals surface area contributed by atoms with Gasteiger partial charge in [-0.25, -0.2) is 5.43 Å². The third-order valence-corrected chi connectivity index (χ3v) is 3.43. The molecule has 0 unspecified atom stereocenters. The fourth-order valence-corrected chi connectivity index (χ4v) is 2.25. The van der Waals surface area contributed by atoms with E-state index in [0.29, 0.717) is 11.5 Å². The molecule has 122 valence electrons. The SMILES string of the molecule is COc1cccc(OCC(=O)N/N=C/c2c[nH]c3ccccc23)c1. The molecule has 6 heteroatoms. The van der Waals surface area contributed by atoms with Gasteiger partial charge in [-0.2, -0.15) is 5.10 Å². The van der Waals surface area contributed by atoms with Gasteiger partial charge < -0.3 is 14.5 Å². The molecular formula is C18H17N3O3. The maximum absolute atomic E-state index is 11.8. The van der Waals surface area contributed by atoms with Gasteiger partial charge in [-0.3, -0.25) is 4.79 Å². The van der Waals surface area contributed by atoms with Crippen LogP contribution in [0.15, 0.2) is 59.8 Å². The predicted molar refractivity (Wildman–Crippen MR) is 92.5 cm³/mol. The number of rotatable bonds is 6. The van der Waals surface area contributed by atoms with E-state index in [2.05, 4.69) is 15.5 Å². The van der Waals surface area contributed by atoms with E-state index < -0.39 is 0 Å². The lowest BCUT2D eigenvalue weighted by Crippen LogP contribution is -2.24. The number of hydrazone groups is 1. The summed E-state index contributed by atoms with van der Waals surface area (Å²) in [6.45, 7) is -0.127. The maximum atomic E-state index is 11.8. The molecule has 0 aliphatic carbocycles. The Bertz CT molecular complexity index is 871. The van der Waals surface area contributed by atoms with Crippen molar-refractivity contribution in [3.8, 4) is 11.5 Å². The first-order chi connectivity index (χ1) is 11.8. The van der Waals surface area contributed by atoms with Crippen molar-refractivity contribution in [1.29, 1.82) is 0 Å². The number of nitrogens with zero attached hydrogens (tertiary/aromatic N) is 1. The summed E-state index contributed by atoms with van der Waals surface area (Å²) < 4.78 is 10.5. The van der Waals surface area contributed by atoms with Gasteiger partial charge in [-0.05, 0) is 18.2 Å². The molecule has 2 N–H and O–H groups in total. The lowest BCUT2D eigenvalue weighted by Gasteiger charge is -2.06. The Balaban J connectivity index is 1.53. The molecule has 0 aliphatic rings. The molecule has 0 bridgehead atoms. The average molecular weight is 323 g/mol. The highest BCUT2D eigenvalue weighted by molar-refractivity contribution is 5.99. The second kappa shape index (κ2) is 7.32. The lowest BCUT2D eigenvalue weighted by atomic mass is 10.2. The van der Waals surface area contributed by atoms with E-state index in [0.717, 1.165) is 16.5 Å². The topological polar surface area (TPSA) is 75.7 Å². The number of carbonyl (C=O) groups excluding carboxylic acids is 1. The van der Waals surface area contributed by atoms with Crippen LogP contribution in [0.25, 0.3) is 10.9 Å². The second-order valence-electron chi connectivity index (χ2n) is 5.05. The minimum Gasteiger partial charge on any atom is -0.497 e. The molecule has 0 aliphatic heterocycles. The Morgan fingerprint density at radius 3 is 2.92 bits per heavy atom. The first kappa shape index (κ1) is 15.6. The van der Waals surface area contributed by atoms with Crippen LogP contribution >= 0.6 is 0 Å². The Kier molecular flexibility index (Phi) is 4.76. The average Bonchev–Trinajstić information content (AvgIpc) is 3.03. The molecule has 0 fully saturated rings. The van der Waals surface area contributed by atoms with E-state index in [1.54, 1.807) is 37.6 Å². The van der Waals surface area contributed by atoms with Crippen molar-refractivity contribution in [1.82, 2.24) is 10.4 Å². The number of methoxy groups -OCH3 is 1. The minimum absolute atomic E-state index is 0.127. The Hall–Kier alpha value is -3.28. The van der Waals surface area contributed by atoms with Crippen LogP contribution in [-0.2, 0) is 4.79 Å². The first-order valence-corrected chi connectivity index (χ1v) is 7.41. The Morgan fingerprint density at radius 2 is 2.04 bits per heavy atom. The molecule has 24 heavy (non-hydrogen) atoms. The lowest BCUT2D eigenvalue weighted by molar-refractivity contribution is -0.123. The zero-order valence-electron chi connectivity index (χ0n) is 13.2. The number of aromatic amines is 1. The molecule has 6 nitrogen and oxygen atoms in total. The standard InChI is InChI=1S/C18H17N3O3/c1-23-14-5-4-6-15(9-14)24-12-18(22)21-20-11-13-10-19-17-8-3-2-7-16(13)17/h2-11,19H,12H2,1H3,(H,21,22)/b20-11+. The molecule has 0 atom stereocenters. The fraction of sp³-hybridized carbons (Fsp3) is 0.111. The quantitative estimate of drug-likeness (QED) is 0.541. The molecule has 2 aromatic carbocycles. The van der Waals surface area contributed by atoms with E-state index in [1.807, 2.05) is 30.5 Å². The van der Waals surface area contributed by atoms with Gasteiger partial charge in [-0.15, -0.1) is 0 Å². The van der Waals surface area contributed by atoms with Crippen LogP contribution in [0.3, 0.4) is 0 Å². The van der Waals surface area contributed by atoms with Gasteiger partial charge in [-0.1, -0.05) is 24.3 Å². The van der Waals surface area contributed by atoms with Crippen LogP contribution in [-0.4, -0.2) is 30.8 Å². The molecule has 1 aromatic heterocycles. The van der Waals surface area contributed by atoms with Crippen LogP contribution in [0.1, 0.15) is 5.56 Å². The number of ether oxygens (including phenoxy) is 2. The zero-order chi connectivity index (χ0) is 16.8. The van der Waals surface area contributed by atoms with Crippen molar-refractivity contribution in [3.05, 3.63) is 60.3 Å². The van der Waals surface area contributed by atoms with Crippen LogP contribution in [0.4, 0.5) is 0 Å². The van der Waals surface area contributed by atoms with E-state index >= 15 is 0 Å². The van der Waals surface area contributed by atoms with Crippen LogP contribution in [0.2, 0.25) is 0 Å². The number of H-pyrrole nitrogens is 1. The fourth-order valence-electron chi connectivity index (χ4n) is 2.25. The summed E-state index contributed by atoms with van der Waals surface area (Å²) in [5.74, 6) is 0.893. The molecule has 1 heterocycles. The van der Waals surface area contributed by atoms with Gasteiger partial charge in [0.1, 0.15) is 11.5 Å². The van der Waals surface area contributed by atoms with E-state index in [1.165, 1.54) is 0 Å². The highest BCUT2D eigenvalue weighted by Gasteiger charge is 2.03. The van der Waals surface area contributed by atoms with Crippen LogP contribution < -0.4 is 14.9 Å². The number of fused-ring (bicyclic) bond motifs is 1. The number of amides is 1. The molecule has 1 amide bonds. The van der Waals surface area contributed by atoms with E-state index in [9.17, 15) is 4.79 Å². The molecule has 0 saturated carbocycles. The Morgan fingerprint density at radius 1 is 1.21 bits per heavy atom. The molecule has 0 saturated heterocycles. The number of hydrogen-bond acceptors (Lipinski definition) is 4. The van der Waals surface area contributed by atoms with Crippen molar-refractivity contribution in [2.45, 2.75) is 0 Å². The third-order valence-electron chi connectivity index (χ3n) is 3.43. The van der Waals surface area contributed by atoms with Gasteiger partial charge in [0.15, 0.2) is 6.61 Å². The van der Waals surface area contributed by atoms with Crippen molar-refractivity contribution < 1.29 is 14.3 Å². The van der Waals surface area contributed by atoms with Gasteiger partial charge in [0.25, 0.3) is 5.91 Å². The number of carbonyl (C=O) groups is 1. The van der Waals surface area contributed by atoms with Gasteiger partial charge in [0, 0.05) is 28.7 Å². The summed E-state index contributed by atoms with van der Waals surface area (Å²) in [5, 5.41) is 5.01. The predicted octanol–water partition coefficient (Wildman–Crippen LogP) is 2.71. The van der Waals surface area contributed by atoms with Crippen LogP contribution in [0, 0.1) is 0 Å². The van der Waals surface area contributed by atoms with Crippen molar-refractivity contribution in [2.75, 3.05) is 13.7 Å². The number of para-hydroxylation sites is 1. The van der Waals surface area contributed by atoms with Gasteiger partial charge >= 0.3 is 0 Å². The second-order valence-corrected chi connectivity index (χ2v) is 5.05. The largest absolute Gasteiger partial charge is 0.497 e. The molecular weight excluding hydrogens is 306 g/mol. The third kappa shape index (κ3) is 3.73. The molecule has 3 rings (SSSR count). The van der Waals surface area contributed by atoms with Gasteiger partial charge in [0.2, 0.25) is 0 Å². The highest BCUT2D eigenvalue weighted by Crippen LogP contribution is 2.18. The van der Waals surface area contributed by atoms with E-state index in [-0.39, 0.29) is 12.5 Å². The monoisotopic (exact) mass is 323 g/mol. The summed E-state index contributed by atoms with van der Waals surface area (Å²) >= 11 is 0. The van der Waals surface area contributed by atoms with Gasteiger partial charge in [0.05, 0.1) is 13.3 Å². The number of benzene rings is 2. The molecule has 3 aromatic rings. The van der Waals surface area contributed by atoms with Crippen molar-refractivity contribution in [2.24, 2.45) is 5.10 Å². The maximum Gasteiger partial charge on any atom is 0.277 e. The smallest absolute Gasteiger partial charge is 0.277 e. The first-order valence-electron chi connectivity index (χ1n) is 7.41. The van der Waals surface area contributed by atoms with E-state index in [4.69, 9.17) is 9.47 Å². The Labute approximate surface area is 139 Å². The highest BCUT2D eigenvalue weighted by atomic mass is 16.5. The summed E-state index contributed by atoms with van der Waals surface area (Å²) in [6, 6.07) is 14.9. The van der Waals surface area contributed by atoms with Crippen molar-refractivity contribution >= 4 is 23.0 Å². The minimum atomic E-state index is -0.339. The number of nitrogens with one attached hydrogen (secondary N) is 2. The summed E-state index contributed by atoms with van der Waals surface area (Å²) in [5.41, 5.74) is 4.37. The zero-order valence-corrected chi connectivity index (χ0v) is 13.2. The summed E-state index contributed by atoms with van der Waals surface area (Å²) in [4.78, 5) is 14.9. The number of hydrogen-bond donors (Lipinski definition) is 2. The normalized spacial score (nSPS) is 10.9. The summed E-state index contributed by atoms with van der Waals surface area (Å²) in [7, 11) is 1.57.